The zero-order valence-corrected chi connectivity index (χ0v) is 8.93. The van der Waals surface area contributed by atoms with E-state index in [1.54, 1.807) is 0 Å². The molecule has 14 heavy (non-hydrogen) atoms. The summed E-state index contributed by atoms with van der Waals surface area (Å²) in [7, 11) is 0. The second-order valence-electron chi connectivity index (χ2n) is 3.71. The van der Waals surface area contributed by atoms with Crippen LogP contribution in [0.1, 0.15) is 25.7 Å². The highest BCUT2D eigenvalue weighted by molar-refractivity contribution is 6.30. The maximum atomic E-state index is 6.13. The number of nitrogens with one attached hydrogen (secondary N) is 1. The lowest BCUT2D eigenvalue weighted by molar-refractivity contribution is 0.540. The Labute approximate surface area is 89.7 Å². The van der Waals surface area contributed by atoms with Crippen molar-refractivity contribution in [3.63, 3.8) is 0 Å². The third kappa shape index (κ3) is 2.38. The highest BCUT2D eigenvalue weighted by Crippen LogP contribution is 2.21. The Balaban J connectivity index is 1.96. The fourth-order valence-electron chi connectivity index (χ4n) is 1.76. The van der Waals surface area contributed by atoms with E-state index in [4.69, 9.17) is 11.6 Å². The molecule has 0 aromatic rings. The topological polar surface area (TPSA) is 24.4 Å². The van der Waals surface area contributed by atoms with Crippen molar-refractivity contribution in [3.8, 4) is 0 Å². The van der Waals surface area contributed by atoms with Crippen LogP contribution in [0.25, 0.3) is 0 Å². The van der Waals surface area contributed by atoms with Crippen molar-refractivity contribution in [1.29, 1.82) is 0 Å². The second-order valence-corrected chi connectivity index (χ2v) is 4.17. The Morgan fingerprint density at radius 3 is 3.14 bits per heavy atom. The molecule has 2 nitrogen and oxygen atoms in total. The third-order valence-electron chi connectivity index (χ3n) is 2.59. The van der Waals surface area contributed by atoms with E-state index in [-0.39, 0.29) is 0 Å². The number of halogens is 1. The molecule has 0 aromatic carbocycles. The summed E-state index contributed by atoms with van der Waals surface area (Å²) in [5, 5.41) is 4.44. The summed E-state index contributed by atoms with van der Waals surface area (Å²) < 4.78 is 0. The van der Waals surface area contributed by atoms with Crippen LogP contribution in [0.2, 0.25) is 0 Å². The van der Waals surface area contributed by atoms with Crippen LogP contribution in [0.3, 0.4) is 0 Å². The minimum atomic E-state index is 0.513. The average molecular weight is 211 g/mol. The number of nitrogens with zero attached hydrogens (tertiary/aromatic N) is 1. The summed E-state index contributed by atoms with van der Waals surface area (Å²) in [4.78, 5) is 4.21. The van der Waals surface area contributed by atoms with E-state index in [1.165, 1.54) is 0 Å². The van der Waals surface area contributed by atoms with E-state index in [0.717, 1.165) is 43.0 Å². The van der Waals surface area contributed by atoms with Gasteiger partial charge >= 0.3 is 0 Å². The van der Waals surface area contributed by atoms with Crippen LogP contribution < -0.4 is 5.32 Å². The molecule has 2 rings (SSSR count). The van der Waals surface area contributed by atoms with Gasteiger partial charge in [0.2, 0.25) is 0 Å². The molecule has 0 spiro atoms. The number of aliphatic imine (C=N–C) groups is 1. The predicted octanol–water partition coefficient (Wildman–Crippen LogP) is 2.61. The highest BCUT2D eigenvalue weighted by Gasteiger charge is 2.13. The molecule has 76 valence electrons. The predicted molar refractivity (Wildman–Crippen MR) is 60.8 cm³/mol. The van der Waals surface area contributed by atoms with Crippen molar-refractivity contribution in [2.24, 2.45) is 4.99 Å². The van der Waals surface area contributed by atoms with Crippen molar-refractivity contribution in [2.75, 3.05) is 6.54 Å². The smallest absolute Gasteiger partial charge is 0.0486 e. The number of rotatable bonds is 2. The molecular formula is C11H15ClN2. The Morgan fingerprint density at radius 2 is 2.43 bits per heavy atom. The third-order valence-corrected chi connectivity index (χ3v) is 2.99. The Bertz CT molecular complexity index is 292. The minimum absolute atomic E-state index is 0.513. The molecule has 0 amide bonds. The van der Waals surface area contributed by atoms with E-state index in [1.807, 2.05) is 6.21 Å². The summed E-state index contributed by atoms with van der Waals surface area (Å²) in [6.45, 7) is 0.937. The van der Waals surface area contributed by atoms with Gasteiger partial charge < -0.3 is 5.32 Å². The highest BCUT2D eigenvalue weighted by atomic mass is 35.5. The van der Waals surface area contributed by atoms with Gasteiger partial charge in [0, 0.05) is 36.0 Å². The first-order chi connectivity index (χ1) is 6.86. The Kier molecular flexibility index (Phi) is 3.25. The molecule has 2 aliphatic rings. The SMILES string of the molecule is ClC1=C(NC2CC=NCC2)C=CCC1. The standard InChI is InChI=1S/C11H15ClN2/c12-10-3-1-2-4-11(10)14-9-5-7-13-8-6-9/h2,4,7,9,14H,1,3,5-6,8H2. The van der Waals surface area contributed by atoms with Gasteiger partial charge in [-0.05, 0) is 25.3 Å². The molecule has 0 fully saturated rings. The van der Waals surface area contributed by atoms with Crippen molar-refractivity contribution >= 4 is 17.8 Å². The quantitative estimate of drug-likeness (QED) is 0.745. The molecule has 1 heterocycles. The first-order valence-electron chi connectivity index (χ1n) is 5.16. The summed E-state index contributed by atoms with van der Waals surface area (Å²) in [5.41, 5.74) is 1.11. The van der Waals surface area contributed by atoms with Crippen LogP contribution in [0.4, 0.5) is 0 Å². The first kappa shape index (κ1) is 9.78. The second kappa shape index (κ2) is 4.65. The fourth-order valence-corrected chi connectivity index (χ4v) is 1.98. The Hall–Kier alpha value is -0.760. The monoisotopic (exact) mass is 210 g/mol. The molecule has 1 aliphatic heterocycles. The lowest BCUT2D eigenvalue weighted by Crippen LogP contribution is -2.31. The van der Waals surface area contributed by atoms with Crippen LogP contribution in [0.15, 0.2) is 27.9 Å². The van der Waals surface area contributed by atoms with E-state index in [9.17, 15) is 0 Å². The molecule has 1 aliphatic carbocycles. The van der Waals surface area contributed by atoms with Gasteiger partial charge in [-0.25, -0.2) is 0 Å². The van der Waals surface area contributed by atoms with Crippen molar-refractivity contribution in [1.82, 2.24) is 5.32 Å². The summed E-state index contributed by atoms with van der Waals surface area (Å²) in [6, 6.07) is 0.513. The summed E-state index contributed by atoms with van der Waals surface area (Å²) in [6.07, 6.45) is 10.4. The van der Waals surface area contributed by atoms with Gasteiger partial charge in [-0.3, -0.25) is 4.99 Å². The van der Waals surface area contributed by atoms with Crippen LogP contribution in [0, 0.1) is 0 Å². The molecule has 1 N–H and O–H groups in total. The van der Waals surface area contributed by atoms with Gasteiger partial charge in [0.05, 0.1) is 0 Å². The normalized spacial score (nSPS) is 26.8. The minimum Gasteiger partial charge on any atom is -0.381 e. The van der Waals surface area contributed by atoms with Crippen LogP contribution in [0.5, 0.6) is 0 Å². The maximum absolute atomic E-state index is 6.13. The molecule has 0 bridgehead atoms. The zero-order valence-electron chi connectivity index (χ0n) is 8.17. The number of allylic oxidation sites excluding steroid dienone is 3. The number of hydrogen-bond donors (Lipinski definition) is 1. The molecule has 1 unspecified atom stereocenters. The van der Waals surface area contributed by atoms with Gasteiger partial charge in [0.15, 0.2) is 0 Å². The van der Waals surface area contributed by atoms with E-state index in [2.05, 4.69) is 22.5 Å². The van der Waals surface area contributed by atoms with Crippen molar-refractivity contribution in [3.05, 3.63) is 22.9 Å². The summed E-state index contributed by atoms with van der Waals surface area (Å²) in [5.74, 6) is 0. The molecule has 0 saturated carbocycles. The van der Waals surface area contributed by atoms with E-state index in [0.29, 0.717) is 6.04 Å². The van der Waals surface area contributed by atoms with Crippen LogP contribution in [-0.4, -0.2) is 18.8 Å². The largest absolute Gasteiger partial charge is 0.381 e. The molecule has 3 heteroatoms. The molecule has 0 saturated heterocycles. The van der Waals surface area contributed by atoms with Crippen LogP contribution >= 0.6 is 11.6 Å². The van der Waals surface area contributed by atoms with E-state index < -0.39 is 0 Å². The van der Waals surface area contributed by atoms with Crippen molar-refractivity contribution < 1.29 is 0 Å². The molecule has 1 atom stereocenters. The zero-order chi connectivity index (χ0) is 9.80. The van der Waals surface area contributed by atoms with Crippen molar-refractivity contribution in [2.45, 2.75) is 31.7 Å². The average Bonchev–Trinajstić information content (AvgIpc) is 2.23. The van der Waals surface area contributed by atoms with Gasteiger partial charge in [0.25, 0.3) is 0 Å². The maximum Gasteiger partial charge on any atom is 0.0486 e. The fraction of sp³-hybridized carbons (Fsp3) is 0.545. The van der Waals surface area contributed by atoms with Gasteiger partial charge in [0.1, 0.15) is 0 Å². The molecule has 0 radical (unpaired) electrons. The number of hydrogen-bond acceptors (Lipinski definition) is 2. The van der Waals surface area contributed by atoms with Crippen LogP contribution in [-0.2, 0) is 0 Å². The first-order valence-corrected chi connectivity index (χ1v) is 5.54. The van der Waals surface area contributed by atoms with E-state index >= 15 is 0 Å². The van der Waals surface area contributed by atoms with Gasteiger partial charge in [-0.1, -0.05) is 17.7 Å². The Morgan fingerprint density at radius 1 is 1.50 bits per heavy atom. The lowest BCUT2D eigenvalue weighted by atomic mass is 10.1. The summed E-state index contributed by atoms with van der Waals surface area (Å²) >= 11 is 6.13. The molecule has 0 aromatic heterocycles. The molecular weight excluding hydrogens is 196 g/mol. The lowest BCUT2D eigenvalue weighted by Gasteiger charge is -2.22. The van der Waals surface area contributed by atoms with Gasteiger partial charge in [-0.15, -0.1) is 0 Å². The van der Waals surface area contributed by atoms with Gasteiger partial charge in [-0.2, -0.15) is 0 Å².